The second-order valence-corrected chi connectivity index (χ2v) is 3.98. The lowest BCUT2D eigenvalue weighted by atomic mass is 10.1. The van der Waals surface area contributed by atoms with Crippen molar-refractivity contribution in [1.82, 2.24) is 0 Å². The first-order valence-electron chi connectivity index (χ1n) is 4.59. The molecule has 0 bridgehead atoms. The topological polar surface area (TPSA) is 47.9 Å². The average molecular weight is 286 g/mol. The molecule has 0 fully saturated rings. The number of nitrogens with zero attached hydrogens (tertiary/aromatic N) is 1. The van der Waals surface area contributed by atoms with Gasteiger partial charge in [0.05, 0.1) is 25.2 Å². The Hall–Kier alpha value is -1.32. The maximum absolute atomic E-state index is 10.1. The summed E-state index contributed by atoms with van der Waals surface area (Å²) in [5, 5.41) is 0. The molecular formula is C11H12BrNO3. The van der Waals surface area contributed by atoms with E-state index in [-0.39, 0.29) is 6.54 Å². The summed E-state index contributed by atoms with van der Waals surface area (Å²) in [6.07, 6.45) is 1.51. The van der Waals surface area contributed by atoms with Crippen LogP contribution < -0.4 is 9.47 Å². The van der Waals surface area contributed by atoms with Gasteiger partial charge in [-0.2, -0.15) is 0 Å². The molecule has 0 radical (unpaired) electrons. The van der Waals surface area contributed by atoms with Gasteiger partial charge in [-0.15, -0.1) is 0 Å². The van der Waals surface area contributed by atoms with E-state index in [9.17, 15) is 4.79 Å². The van der Waals surface area contributed by atoms with Gasteiger partial charge in [-0.3, -0.25) is 0 Å². The number of hydrogen-bond acceptors (Lipinski definition) is 4. The zero-order valence-corrected chi connectivity index (χ0v) is 10.9. The number of rotatable bonds is 4. The number of halogens is 1. The molecule has 0 amide bonds. The van der Waals surface area contributed by atoms with Crippen LogP contribution in [0.2, 0.25) is 0 Å². The minimum atomic E-state index is 0.238. The van der Waals surface area contributed by atoms with E-state index in [1.807, 2.05) is 13.0 Å². The van der Waals surface area contributed by atoms with Gasteiger partial charge in [-0.25, -0.2) is 9.79 Å². The number of carbonyl (C=O) groups excluding carboxylic acids is 1. The molecule has 0 N–H and O–H groups in total. The zero-order chi connectivity index (χ0) is 12.1. The van der Waals surface area contributed by atoms with Crippen molar-refractivity contribution in [1.29, 1.82) is 0 Å². The van der Waals surface area contributed by atoms with Crippen LogP contribution in [-0.2, 0) is 11.3 Å². The quantitative estimate of drug-likeness (QED) is 0.631. The molecule has 5 heteroatoms. The molecule has 0 saturated heterocycles. The highest BCUT2D eigenvalue weighted by Crippen LogP contribution is 2.40. The standard InChI is InChI=1S/C11H12BrNO3/c1-7-4-9(12)11(16-3)10(15-2)8(7)5-13-6-14/h4H,5H2,1-3H3. The first-order chi connectivity index (χ1) is 7.65. The normalized spacial score (nSPS) is 9.50. The van der Waals surface area contributed by atoms with Crippen molar-refractivity contribution in [2.75, 3.05) is 14.2 Å². The minimum Gasteiger partial charge on any atom is -0.492 e. The Labute approximate surface area is 102 Å². The van der Waals surface area contributed by atoms with Crippen molar-refractivity contribution in [2.24, 2.45) is 4.99 Å². The summed E-state index contributed by atoms with van der Waals surface area (Å²) in [4.78, 5) is 13.7. The number of aryl methyl sites for hydroxylation is 1. The summed E-state index contributed by atoms with van der Waals surface area (Å²) in [5.41, 5.74) is 1.80. The fourth-order valence-corrected chi connectivity index (χ4v) is 2.17. The smallest absolute Gasteiger partial charge is 0.235 e. The number of hydrogen-bond donors (Lipinski definition) is 0. The van der Waals surface area contributed by atoms with Crippen LogP contribution in [-0.4, -0.2) is 20.3 Å². The van der Waals surface area contributed by atoms with Crippen LogP contribution in [0.5, 0.6) is 11.5 Å². The van der Waals surface area contributed by atoms with E-state index in [0.717, 1.165) is 15.6 Å². The third kappa shape index (κ3) is 2.43. The molecule has 0 atom stereocenters. The number of isocyanates is 1. The summed E-state index contributed by atoms with van der Waals surface area (Å²) < 4.78 is 11.3. The first-order valence-corrected chi connectivity index (χ1v) is 5.38. The lowest BCUT2D eigenvalue weighted by Crippen LogP contribution is -1.99. The molecule has 1 rings (SSSR count). The predicted molar refractivity (Wildman–Crippen MR) is 63.8 cm³/mol. The largest absolute Gasteiger partial charge is 0.492 e. The van der Waals surface area contributed by atoms with E-state index in [1.54, 1.807) is 14.2 Å². The Kier molecular flexibility index (Phi) is 4.52. The Morgan fingerprint density at radius 2 is 2.00 bits per heavy atom. The van der Waals surface area contributed by atoms with Crippen molar-refractivity contribution in [3.8, 4) is 11.5 Å². The number of aliphatic imine (C=N–C) groups is 1. The van der Waals surface area contributed by atoms with Gasteiger partial charge in [0.2, 0.25) is 6.08 Å². The van der Waals surface area contributed by atoms with E-state index in [2.05, 4.69) is 20.9 Å². The lowest BCUT2D eigenvalue weighted by molar-refractivity contribution is 0.349. The number of methoxy groups -OCH3 is 2. The van der Waals surface area contributed by atoms with Crippen molar-refractivity contribution >= 4 is 22.0 Å². The second kappa shape index (κ2) is 5.68. The van der Waals surface area contributed by atoms with Gasteiger partial charge in [0.1, 0.15) is 0 Å². The molecule has 0 unspecified atom stereocenters. The Morgan fingerprint density at radius 3 is 2.50 bits per heavy atom. The highest BCUT2D eigenvalue weighted by Gasteiger charge is 2.16. The maximum Gasteiger partial charge on any atom is 0.235 e. The van der Waals surface area contributed by atoms with Crippen LogP contribution in [0.4, 0.5) is 0 Å². The van der Waals surface area contributed by atoms with Crippen LogP contribution in [0.1, 0.15) is 11.1 Å². The van der Waals surface area contributed by atoms with Crippen molar-refractivity contribution in [3.63, 3.8) is 0 Å². The molecule has 0 aliphatic heterocycles. The van der Waals surface area contributed by atoms with Gasteiger partial charge in [-0.05, 0) is 34.5 Å². The molecule has 0 aliphatic rings. The fourth-order valence-electron chi connectivity index (χ4n) is 1.48. The number of benzene rings is 1. The third-order valence-electron chi connectivity index (χ3n) is 2.23. The highest BCUT2D eigenvalue weighted by atomic mass is 79.9. The highest BCUT2D eigenvalue weighted by molar-refractivity contribution is 9.10. The summed E-state index contributed by atoms with van der Waals surface area (Å²) in [5.74, 6) is 1.19. The summed E-state index contributed by atoms with van der Waals surface area (Å²) >= 11 is 3.39. The molecule has 1 aromatic carbocycles. The van der Waals surface area contributed by atoms with Gasteiger partial charge < -0.3 is 9.47 Å². The Morgan fingerprint density at radius 1 is 1.38 bits per heavy atom. The molecular weight excluding hydrogens is 274 g/mol. The van der Waals surface area contributed by atoms with Crippen LogP contribution in [0.25, 0.3) is 0 Å². The monoisotopic (exact) mass is 285 g/mol. The minimum absolute atomic E-state index is 0.238. The SMILES string of the molecule is COc1c(Br)cc(C)c(CN=C=O)c1OC. The molecule has 0 aliphatic carbocycles. The van der Waals surface area contributed by atoms with E-state index in [1.165, 1.54) is 6.08 Å². The van der Waals surface area contributed by atoms with E-state index < -0.39 is 0 Å². The second-order valence-electron chi connectivity index (χ2n) is 3.13. The van der Waals surface area contributed by atoms with Crippen molar-refractivity contribution in [3.05, 3.63) is 21.7 Å². The van der Waals surface area contributed by atoms with Crippen LogP contribution in [0.3, 0.4) is 0 Å². The summed E-state index contributed by atoms with van der Waals surface area (Å²) in [7, 11) is 3.11. The van der Waals surface area contributed by atoms with Gasteiger partial charge >= 0.3 is 0 Å². The molecule has 86 valence electrons. The summed E-state index contributed by atoms with van der Waals surface area (Å²) in [6, 6.07) is 1.90. The van der Waals surface area contributed by atoms with Crippen molar-refractivity contribution < 1.29 is 14.3 Å². The zero-order valence-electron chi connectivity index (χ0n) is 9.33. The van der Waals surface area contributed by atoms with Crippen molar-refractivity contribution in [2.45, 2.75) is 13.5 Å². The van der Waals surface area contributed by atoms with E-state index in [4.69, 9.17) is 9.47 Å². The van der Waals surface area contributed by atoms with Gasteiger partial charge in [-0.1, -0.05) is 0 Å². The van der Waals surface area contributed by atoms with Gasteiger partial charge in [0.25, 0.3) is 0 Å². The molecule has 0 aromatic heterocycles. The molecule has 4 nitrogen and oxygen atoms in total. The average Bonchev–Trinajstić information content (AvgIpc) is 2.27. The van der Waals surface area contributed by atoms with Crippen LogP contribution >= 0.6 is 15.9 Å². The maximum atomic E-state index is 10.1. The first kappa shape index (κ1) is 12.7. The molecule has 16 heavy (non-hydrogen) atoms. The lowest BCUT2D eigenvalue weighted by Gasteiger charge is -2.15. The third-order valence-corrected chi connectivity index (χ3v) is 2.82. The predicted octanol–water partition coefficient (Wildman–Crippen LogP) is 2.61. The van der Waals surface area contributed by atoms with Gasteiger partial charge in [0.15, 0.2) is 11.5 Å². The van der Waals surface area contributed by atoms with Crippen LogP contribution in [0.15, 0.2) is 15.5 Å². The fraction of sp³-hybridized carbons (Fsp3) is 0.364. The summed E-state index contributed by atoms with van der Waals surface area (Å²) in [6.45, 7) is 2.16. The van der Waals surface area contributed by atoms with Gasteiger partial charge in [0, 0.05) is 5.56 Å². The number of ether oxygens (including phenoxy) is 2. The molecule has 1 aromatic rings. The molecule has 0 saturated carbocycles. The van der Waals surface area contributed by atoms with E-state index >= 15 is 0 Å². The van der Waals surface area contributed by atoms with Crippen LogP contribution in [0, 0.1) is 6.92 Å². The van der Waals surface area contributed by atoms with E-state index in [0.29, 0.717) is 11.5 Å². The Bertz CT molecular complexity index is 439. The molecule has 0 spiro atoms. The Balaban J connectivity index is 3.38. The molecule has 0 heterocycles.